The second-order valence-electron chi connectivity index (χ2n) is 2.60. The summed E-state index contributed by atoms with van der Waals surface area (Å²) in [5.74, 6) is -0.328. The summed E-state index contributed by atoms with van der Waals surface area (Å²) in [6.07, 6.45) is -0.0787. The summed E-state index contributed by atoms with van der Waals surface area (Å²) in [7, 11) is 2.48. The Morgan fingerprint density at radius 2 is 1.88 bits per heavy atom. The monoisotopic (exact) mass is 224 g/mol. The quantitative estimate of drug-likeness (QED) is 0.539. The molecule has 1 heterocycles. The average Bonchev–Trinajstić information content (AvgIpc) is 2.27. The summed E-state index contributed by atoms with van der Waals surface area (Å²) in [5.41, 5.74) is -0.452. The van der Waals surface area contributed by atoms with Gasteiger partial charge in [0.15, 0.2) is 5.82 Å². The molecule has 0 bridgehead atoms. The van der Waals surface area contributed by atoms with Crippen LogP contribution in [-0.2, 0) is 6.42 Å². The van der Waals surface area contributed by atoms with E-state index in [1.54, 1.807) is 0 Å². The maximum absolute atomic E-state index is 10.7. The van der Waals surface area contributed by atoms with E-state index in [1.807, 2.05) is 6.07 Å². The maximum atomic E-state index is 10.7. The third-order valence-corrected chi connectivity index (χ3v) is 1.67. The smallest absolute Gasteiger partial charge is 0.392 e. The van der Waals surface area contributed by atoms with Crippen molar-refractivity contribution in [3.8, 4) is 17.8 Å². The van der Waals surface area contributed by atoms with Gasteiger partial charge in [0.2, 0.25) is 0 Å². The Kier molecular flexibility index (Phi) is 3.55. The molecule has 8 nitrogen and oxygen atoms in total. The number of rotatable bonds is 4. The molecule has 0 aliphatic carbocycles. The van der Waals surface area contributed by atoms with Crippen LogP contribution in [-0.4, -0.2) is 29.1 Å². The molecule has 0 unspecified atom stereocenters. The van der Waals surface area contributed by atoms with E-state index in [4.69, 9.17) is 14.7 Å². The molecule has 0 aliphatic heterocycles. The number of aromatic nitrogens is 2. The molecule has 0 aromatic carbocycles. The van der Waals surface area contributed by atoms with E-state index in [-0.39, 0.29) is 24.0 Å². The largest absolute Gasteiger partial charge is 0.476 e. The molecule has 0 aliphatic rings. The van der Waals surface area contributed by atoms with Crippen molar-refractivity contribution in [1.82, 2.24) is 9.97 Å². The van der Waals surface area contributed by atoms with Gasteiger partial charge < -0.3 is 9.47 Å². The van der Waals surface area contributed by atoms with Crippen molar-refractivity contribution in [2.75, 3.05) is 14.2 Å². The van der Waals surface area contributed by atoms with Gasteiger partial charge in [0.25, 0.3) is 0 Å². The molecule has 1 aromatic rings. The number of nitriles is 1. The van der Waals surface area contributed by atoms with E-state index < -0.39 is 10.6 Å². The fourth-order valence-electron chi connectivity index (χ4n) is 1.05. The predicted molar refractivity (Wildman–Crippen MR) is 51.1 cm³/mol. The van der Waals surface area contributed by atoms with Crippen molar-refractivity contribution >= 4 is 5.69 Å². The van der Waals surface area contributed by atoms with Crippen molar-refractivity contribution in [1.29, 1.82) is 5.26 Å². The van der Waals surface area contributed by atoms with E-state index in [0.29, 0.717) is 0 Å². The van der Waals surface area contributed by atoms with Crippen molar-refractivity contribution in [3.05, 3.63) is 15.9 Å². The lowest BCUT2D eigenvalue weighted by atomic mass is 10.4. The van der Waals surface area contributed by atoms with Crippen LogP contribution in [0.1, 0.15) is 5.82 Å². The molecule has 0 saturated carbocycles. The Balaban J connectivity index is 3.38. The number of hydrogen-bond donors (Lipinski definition) is 0. The second-order valence-corrected chi connectivity index (χ2v) is 2.60. The fourth-order valence-corrected chi connectivity index (χ4v) is 1.05. The van der Waals surface area contributed by atoms with Crippen LogP contribution in [0.2, 0.25) is 0 Å². The first-order chi connectivity index (χ1) is 7.63. The van der Waals surface area contributed by atoms with Crippen LogP contribution in [0.4, 0.5) is 5.69 Å². The minimum atomic E-state index is -0.701. The topological polar surface area (TPSA) is 111 Å². The van der Waals surface area contributed by atoms with Gasteiger partial charge >= 0.3 is 17.4 Å². The lowest BCUT2D eigenvalue weighted by molar-refractivity contribution is -0.387. The summed E-state index contributed by atoms with van der Waals surface area (Å²) in [5, 5.41) is 19.2. The highest BCUT2D eigenvalue weighted by atomic mass is 16.6. The Labute approximate surface area is 90.6 Å². The van der Waals surface area contributed by atoms with Crippen LogP contribution in [0.5, 0.6) is 11.8 Å². The molecule has 0 fully saturated rings. The van der Waals surface area contributed by atoms with Gasteiger partial charge in [-0.3, -0.25) is 10.1 Å². The molecule has 0 spiro atoms. The lowest BCUT2D eigenvalue weighted by Crippen LogP contribution is -2.05. The lowest BCUT2D eigenvalue weighted by Gasteiger charge is -2.05. The zero-order chi connectivity index (χ0) is 12.1. The fraction of sp³-hybridized carbons (Fsp3) is 0.375. The first kappa shape index (κ1) is 11.6. The summed E-state index contributed by atoms with van der Waals surface area (Å²) in [6, 6.07) is 1.83. The Morgan fingerprint density at radius 3 is 2.19 bits per heavy atom. The molecule has 0 radical (unpaired) electrons. The highest BCUT2D eigenvalue weighted by molar-refractivity contribution is 5.49. The normalized spacial score (nSPS) is 9.31. The van der Waals surface area contributed by atoms with E-state index in [1.165, 1.54) is 14.2 Å². The summed E-state index contributed by atoms with van der Waals surface area (Å²) in [6.45, 7) is 0. The number of nitro groups is 1. The zero-order valence-electron chi connectivity index (χ0n) is 8.63. The van der Waals surface area contributed by atoms with E-state index in [0.717, 1.165) is 0 Å². The first-order valence-electron chi connectivity index (χ1n) is 4.14. The standard InChI is InChI=1S/C8H8N4O4/c1-15-7-6(12(13)14)8(16-2)11-5(10-7)3-4-9/h3H2,1-2H3. The van der Waals surface area contributed by atoms with Crippen LogP contribution in [0.3, 0.4) is 0 Å². The minimum Gasteiger partial charge on any atom is -0.476 e. The second kappa shape index (κ2) is 4.88. The van der Waals surface area contributed by atoms with Gasteiger partial charge in [-0.15, -0.1) is 0 Å². The van der Waals surface area contributed by atoms with Gasteiger partial charge in [0.1, 0.15) is 0 Å². The Morgan fingerprint density at radius 1 is 1.38 bits per heavy atom. The van der Waals surface area contributed by atoms with Crippen LogP contribution in [0, 0.1) is 21.4 Å². The molecule has 16 heavy (non-hydrogen) atoms. The molecule has 1 aromatic heterocycles. The van der Waals surface area contributed by atoms with Gasteiger partial charge in [0.05, 0.1) is 31.6 Å². The zero-order valence-corrected chi connectivity index (χ0v) is 8.63. The van der Waals surface area contributed by atoms with Gasteiger partial charge in [-0.1, -0.05) is 0 Å². The molecule has 84 valence electrons. The molecule has 0 saturated heterocycles. The third kappa shape index (κ3) is 2.14. The Bertz CT molecular complexity index is 429. The van der Waals surface area contributed by atoms with Gasteiger partial charge in [-0.25, -0.2) is 0 Å². The highest BCUT2D eigenvalue weighted by Crippen LogP contribution is 2.32. The van der Waals surface area contributed by atoms with Crippen LogP contribution in [0.15, 0.2) is 0 Å². The minimum absolute atomic E-state index is 0.0787. The highest BCUT2D eigenvalue weighted by Gasteiger charge is 2.26. The average molecular weight is 224 g/mol. The SMILES string of the molecule is COc1nc(CC#N)nc(OC)c1[N+](=O)[O-]. The van der Waals surface area contributed by atoms with Crippen molar-refractivity contribution < 1.29 is 14.4 Å². The number of nitrogens with zero attached hydrogens (tertiary/aromatic N) is 4. The summed E-state index contributed by atoms with van der Waals surface area (Å²) < 4.78 is 9.51. The summed E-state index contributed by atoms with van der Waals surface area (Å²) >= 11 is 0. The molecular weight excluding hydrogens is 216 g/mol. The number of hydrogen-bond acceptors (Lipinski definition) is 7. The van der Waals surface area contributed by atoms with E-state index in [2.05, 4.69) is 9.97 Å². The summed E-state index contributed by atoms with van der Waals surface area (Å²) in [4.78, 5) is 17.5. The van der Waals surface area contributed by atoms with Gasteiger partial charge in [0, 0.05) is 0 Å². The third-order valence-electron chi connectivity index (χ3n) is 1.67. The van der Waals surface area contributed by atoms with Crippen molar-refractivity contribution in [2.24, 2.45) is 0 Å². The molecule has 8 heteroatoms. The molecule has 0 amide bonds. The van der Waals surface area contributed by atoms with Crippen molar-refractivity contribution in [2.45, 2.75) is 6.42 Å². The molecule has 0 N–H and O–H groups in total. The molecular formula is C8H8N4O4. The number of methoxy groups -OCH3 is 2. The predicted octanol–water partition coefficient (Wildman–Crippen LogP) is 0.468. The van der Waals surface area contributed by atoms with Crippen LogP contribution >= 0.6 is 0 Å². The van der Waals surface area contributed by atoms with E-state index >= 15 is 0 Å². The number of ether oxygens (including phenoxy) is 2. The van der Waals surface area contributed by atoms with Crippen molar-refractivity contribution in [3.63, 3.8) is 0 Å². The van der Waals surface area contributed by atoms with E-state index in [9.17, 15) is 10.1 Å². The Hall–Kier alpha value is -2.43. The van der Waals surface area contributed by atoms with Gasteiger partial charge in [-0.05, 0) is 0 Å². The maximum Gasteiger partial charge on any atom is 0.392 e. The van der Waals surface area contributed by atoms with Gasteiger partial charge in [-0.2, -0.15) is 15.2 Å². The molecule has 0 atom stereocenters. The first-order valence-corrected chi connectivity index (χ1v) is 4.14. The van der Waals surface area contributed by atoms with Crippen LogP contribution < -0.4 is 9.47 Å². The molecule has 1 rings (SSSR count). The van der Waals surface area contributed by atoms with Crippen LogP contribution in [0.25, 0.3) is 0 Å².